The van der Waals surface area contributed by atoms with E-state index in [1.165, 1.54) is 0 Å². The summed E-state index contributed by atoms with van der Waals surface area (Å²) in [5, 5.41) is 21.2. The van der Waals surface area contributed by atoms with Gasteiger partial charge in [0, 0.05) is 12.3 Å². The Kier molecular flexibility index (Phi) is 6.85. The van der Waals surface area contributed by atoms with Crippen LogP contribution in [0.4, 0.5) is 0 Å². The zero-order valence-electron chi connectivity index (χ0n) is 14.8. The minimum absolute atomic E-state index is 0.713. The largest absolute Gasteiger partial charge is 0.490 e. The Hall–Kier alpha value is -1.03. The molecule has 1 aromatic rings. The van der Waals surface area contributed by atoms with Gasteiger partial charge < -0.3 is 34.5 Å². The molecule has 1 aliphatic heterocycles. The second-order valence-electron chi connectivity index (χ2n) is 6.22. The van der Waals surface area contributed by atoms with Gasteiger partial charge in [-0.15, -0.1) is 0 Å². The molecule has 20 heteroatoms. The highest BCUT2D eigenvalue weighted by Crippen LogP contribution is 2.66. The van der Waals surface area contributed by atoms with Crippen molar-refractivity contribution in [3.8, 4) is 0 Å². The number of aromatic nitrogens is 2. The Bertz CT molecular complexity index is 1060. The Morgan fingerprint density at radius 3 is 2.30 bits per heavy atom. The molecule has 2 rings (SSSR count). The Morgan fingerprint density at radius 2 is 1.77 bits per heavy atom. The van der Waals surface area contributed by atoms with Gasteiger partial charge in [0.05, 0.1) is 13.2 Å². The standard InChI is InChI=1S/C10H17N2O15P3/c1-9(15)7(12-3-2-6(13)11-8(12)14)24-4-10(9,16)5-25-29(20,21)27-30(22,23)26-28(17,18)19/h2-3,7,15-16H,4-5H2,1H3,(H,20,21)(H,22,23)(H,11,13,14)(H2,17,18,19). The van der Waals surface area contributed by atoms with Crippen LogP contribution in [0.3, 0.4) is 0 Å². The normalized spacial score (nSPS) is 31.2. The monoisotopic (exact) mass is 498 g/mol. The van der Waals surface area contributed by atoms with Gasteiger partial charge in [0.25, 0.3) is 5.56 Å². The molecule has 0 aromatic carbocycles. The third-order valence-corrected chi connectivity index (χ3v) is 7.67. The zero-order chi connectivity index (χ0) is 23.2. The number of phosphoric ester groups is 1. The first-order valence-electron chi connectivity index (χ1n) is 7.54. The summed E-state index contributed by atoms with van der Waals surface area (Å²) in [6, 6.07) is 0.921. The van der Waals surface area contributed by atoms with Gasteiger partial charge in [-0.3, -0.25) is 18.9 Å². The molecule has 5 atom stereocenters. The number of nitrogens with zero attached hydrogens (tertiary/aromatic N) is 1. The Balaban J connectivity index is 2.17. The third kappa shape index (κ3) is 5.81. The summed E-state index contributed by atoms with van der Waals surface area (Å²) < 4.78 is 50.9. The minimum Gasteiger partial charge on any atom is -0.382 e. The minimum atomic E-state index is -5.78. The van der Waals surface area contributed by atoms with Crippen molar-refractivity contribution in [1.82, 2.24) is 9.55 Å². The molecule has 0 aliphatic carbocycles. The molecule has 2 heterocycles. The van der Waals surface area contributed by atoms with E-state index >= 15 is 0 Å². The van der Waals surface area contributed by atoms with Crippen molar-refractivity contribution in [2.24, 2.45) is 0 Å². The molecule has 0 bridgehead atoms. The van der Waals surface area contributed by atoms with Crippen molar-refractivity contribution in [1.29, 1.82) is 0 Å². The van der Waals surface area contributed by atoms with Crippen LogP contribution in [0.1, 0.15) is 13.2 Å². The second kappa shape index (κ2) is 8.15. The summed E-state index contributed by atoms with van der Waals surface area (Å²) in [7, 11) is -17.0. The summed E-state index contributed by atoms with van der Waals surface area (Å²) >= 11 is 0. The van der Waals surface area contributed by atoms with Gasteiger partial charge in [-0.05, 0) is 6.92 Å². The second-order valence-corrected chi connectivity index (χ2v) is 10.6. The molecule has 7 N–H and O–H groups in total. The fourth-order valence-corrected chi connectivity index (χ4v) is 5.47. The number of aromatic amines is 1. The molecule has 1 saturated heterocycles. The molecule has 5 unspecified atom stereocenters. The maximum absolute atomic E-state index is 11.9. The Morgan fingerprint density at radius 1 is 1.17 bits per heavy atom. The topological polar surface area (TPSA) is 264 Å². The average Bonchev–Trinajstić information content (AvgIpc) is 2.73. The van der Waals surface area contributed by atoms with Gasteiger partial charge in [0.1, 0.15) is 11.2 Å². The predicted octanol–water partition coefficient (Wildman–Crippen LogP) is -2.11. The number of hydrogen-bond acceptors (Lipinski definition) is 11. The van der Waals surface area contributed by atoms with E-state index in [1.807, 2.05) is 4.98 Å². The van der Waals surface area contributed by atoms with E-state index in [0.29, 0.717) is 4.57 Å². The van der Waals surface area contributed by atoms with Crippen molar-refractivity contribution in [3.63, 3.8) is 0 Å². The van der Waals surface area contributed by atoms with Crippen LogP contribution in [0.15, 0.2) is 21.9 Å². The lowest BCUT2D eigenvalue weighted by Crippen LogP contribution is -2.56. The van der Waals surface area contributed by atoms with Crippen LogP contribution in [0.2, 0.25) is 0 Å². The average molecular weight is 498 g/mol. The van der Waals surface area contributed by atoms with Gasteiger partial charge in [-0.25, -0.2) is 18.5 Å². The van der Waals surface area contributed by atoms with Crippen LogP contribution in [0.5, 0.6) is 0 Å². The van der Waals surface area contributed by atoms with Crippen LogP contribution in [-0.2, 0) is 31.6 Å². The number of nitrogens with one attached hydrogen (secondary N) is 1. The summed E-state index contributed by atoms with van der Waals surface area (Å²) in [5.74, 6) is 0. The SMILES string of the molecule is CC1(O)C(n2ccc(=O)[nH]c2=O)OCC1(O)COP(=O)(O)OP(=O)(O)OP(=O)(O)O. The highest BCUT2D eigenvalue weighted by atomic mass is 31.3. The van der Waals surface area contributed by atoms with E-state index in [4.69, 9.17) is 19.4 Å². The van der Waals surface area contributed by atoms with E-state index in [1.54, 1.807) is 0 Å². The molecule has 0 saturated carbocycles. The number of hydrogen-bond donors (Lipinski definition) is 7. The highest BCUT2D eigenvalue weighted by Gasteiger charge is 2.60. The Labute approximate surface area is 165 Å². The van der Waals surface area contributed by atoms with Crippen molar-refractivity contribution in [3.05, 3.63) is 33.1 Å². The molecular formula is C10H17N2O15P3. The summed E-state index contributed by atoms with van der Waals surface area (Å²) in [4.78, 5) is 60.4. The van der Waals surface area contributed by atoms with Gasteiger partial charge in [-0.1, -0.05) is 0 Å². The number of rotatable bonds is 8. The number of aliphatic hydroxyl groups is 2. The first-order chi connectivity index (χ1) is 13.4. The van der Waals surface area contributed by atoms with Crippen molar-refractivity contribution >= 4 is 23.5 Å². The van der Waals surface area contributed by atoms with E-state index in [-0.39, 0.29) is 0 Å². The maximum Gasteiger partial charge on any atom is 0.490 e. The predicted molar refractivity (Wildman–Crippen MR) is 91.7 cm³/mol. The molecule has 0 radical (unpaired) electrons. The van der Waals surface area contributed by atoms with Crippen molar-refractivity contribution < 1.29 is 61.4 Å². The molecule has 0 spiro atoms. The maximum atomic E-state index is 11.9. The molecule has 1 aliphatic rings. The van der Waals surface area contributed by atoms with Gasteiger partial charge in [0.15, 0.2) is 6.23 Å². The number of ether oxygens (including phenoxy) is 1. The lowest BCUT2D eigenvalue weighted by molar-refractivity contribution is -0.154. The molecule has 172 valence electrons. The first-order valence-corrected chi connectivity index (χ1v) is 12.1. The molecule has 30 heavy (non-hydrogen) atoms. The van der Waals surface area contributed by atoms with E-state index in [2.05, 4.69) is 13.1 Å². The lowest BCUT2D eigenvalue weighted by Gasteiger charge is -2.36. The van der Waals surface area contributed by atoms with Gasteiger partial charge in [-0.2, -0.15) is 8.62 Å². The van der Waals surface area contributed by atoms with Crippen molar-refractivity contribution in [2.45, 2.75) is 24.4 Å². The van der Waals surface area contributed by atoms with Crippen LogP contribution >= 0.6 is 23.5 Å². The number of H-pyrrole nitrogens is 1. The molecule has 0 amide bonds. The third-order valence-electron chi connectivity index (χ3n) is 3.89. The van der Waals surface area contributed by atoms with Crippen LogP contribution in [-0.4, -0.2) is 63.8 Å². The smallest absolute Gasteiger partial charge is 0.382 e. The molecule has 1 aromatic heterocycles. The zero-order valence-corrected chi connectivity index (χ0v) is 17.5. The van der Waals surface area contributed by atoms with E-state index in [0.717, 1.165) is 19.2 Å². The first kappa shape index (κ1) is 25.2. The van der Waals surface area contributed by atoms with Crippen LogP contribution < -0.4 is 11.2 Å². The summed E-state index contributed by atoms with van der Waals surface area (Å²) in [6.45, 7) is -1.10. The van der Waals surface area contributed by atoms with E-state index < -0.39 is 65.4 Å². The number of phosphoric acid groups is 3. The fraction of sp³-hybridized carbons (Fsp3) is 0.600. The summed E-state index contributed by atoms with van der Waals surface area (Å²) in [5.41, 5.74) is -6.65. The van der Waals surface area contributed by atoms with Crippen LogP contribution in [0.25, 0.3) is 0 Å². The fourth-order valence-electron chi connectivity index (χ4n) is 2.40. The van der Waals surface area contributed by atoms with Gasteiger partial charge in [0.2, 0.25) is 0 Å². The van der Waals surface area contributed by atoms with Crippen LogP contribution in [0, 0.1) is 0 Å². The lowest BCUT2D eigenvalue weighted by atomic mass is 9.86. The highest BCUT2D eigenvalue weighted by molar-refractivity contribution is 7.66. The van der Waals surface area contributed by atoms with Gasteiger partial charge >= 0.3 is 29.2 Å². The molecular weight excluding hydrogens is 481 g/mol. The molecule has 1 fully saturated rings. The summed E-state index contributed by atoms with van der Waals surface area (Å²) in [6.07, 6.45) is -0.648. The van der Waals surface area contributed by atoms with E-state index in [9.17, 15) is 38.4 Å². The van der Waals surface area contributed by atoms with Crippen molar-refractivity contribution in [2.75, 3.05) is 13.2 Å². The quantitative estimate of drug-likeness (QED) is 0.189. The molecule has 17 nitrogen and oxygen atoms in total.